The van der Waals surface area contributed by atoms with Gasteiger partial charge in [-0.05, 0) is 49.2 Å². The van der Waals surface area contributed by atoms with Crippen molar-refractivity contribution in [2.75, 3.05) is 51.8 Å². The van der Waals surface area contributed by atoms with Gasteiger partial charge in [-0.1, -0.05) is 31.9 Å². The van der Waals surface area contributed by atoms with E-state index in [1.165, 1.54) is 11.3 Å². The van der Waals surface area contributed by atoms with Gasteiger partial charge in [-0.3, -0.25) is 4.79 Å². The van der Waals surface area contributed by atoms with E-state index in [4.69, 9.17) is 9.47 Å². The number of rotatable bonds is 5. The largest absolute Gasteiger partial charge is 0.493 e. The molecule has 0 bridgehead atoms. The highest BCUT2D eigenvalue weighted by Crippen LogP contribution is 2.50. The van der Waals surface area contributed by atoms with Crippen molar-refractivity contribution < 1.29 is 14.3 Å². The van der Waals surface area contributed by atoms with Gasteiger partial charge in [0.25, 0.3) is 5.91 Å². The third-order valence-corrected chi connectivity index (χ3v) is 7.71. The van der Waals surface area contributed by atoms with Crippen LogP contribution in [0.25, 0.3) is 0 Å². The van der Waals surface area contributed by atoms with E-state index in [-0.39, 0.29) is 18.0 Å². The highest BCUT2D eigenvalue weighted by atomic mass is 16.5. The second-order valence-corrected chi connectivity index (χ2v) is 9.30. The average molecular weight is 450 g/mol. The lowest BCUT2D eigenvalue weighted by molar-refractivity contribution is 0.0628. The van der Waals surface area contributed by atoms with E-state index in [2.05, 4.69) is 39.8 Å². The second kappa shape index (κ2) is 9.26. The number of fused-ring (bicyclic) bond motifs is 3. The zero-order valence-electron chi connectivity index (χ0n) is 20.0. The van der Waals surface area contributed by atoms with Gasteiger partial charge in [-0.15, -0.1) is 0 Å². The standard InChI is InChI=1S/C27H35N3O3/c1-4-28-14-16-29(17-15-28)22-11-7-8-20-26(22)23-10-6-5-9-21(30(23)27(20)31)19-12-13-24(32-2)25(18-19)33-3/h7-8,11-13,18,21,23H,4-6,9-10,14-17H2,1-3H3/t21-,23-/m1/s1. The van der Waals surface area contributed by atoms with Gasteiger partial charge >= 0.3 is 0 Å². The van der Waals surface area contributed by atoms with Crippen molar-refractivity contribution in [2.45, 2.75) is 44.7 Å². The molecule has 2 atom stereocenters. The minimum Gasteiger partial charge on any atom is -0.493 e. The van der Waals surface area contributed by atoms with Gasteiger partial charge < -0.3 is 24.2 Å². The topological polar surface area (TPSA) is 45.2 Å². The number of carbonyl (C=O) groups is 1. The normalized spacial score (nSPS) is 23.2. The van der Waals surface area contributed by atoms with Crippen molar-refractivity contribution in [3.05, 3.63) is 53.1 Å². The number of ether oxygens (including phenoxy) is 2. The van der Waals surface area contributed by atoms with Crippen LogP contribution in [0.5, 0.6) is 11.5 Å². The summed E-state index contributed by atoms with van der Waals surface area (Å²) >= 11 is 0. The van der Waals surface area contributed by atoms with E-state index < -0.39 is 0 Å². The minimum absolute atomic E-state index is 0.0435. The molecular weight excluding hydrogens is 414 g/mol. The van der Waals surface area contributed by atoms with E-state index in [9.17, 15) is 4.79 Å². The predicted octanol–water partition coefficient (Wildman–Crippen LogP) is 4.66. The molecule has 1 amide bonds. The summed E-state index contributed by atoms with van der Waals surface area (Å²) in [5.41, 5.74) is 4.53. The van der Waals surface area contributed by atoms with Gasteiger partial charge in [0, 0.05) is 43.0 Å². The number of piperazine rings is 1. The van der Waals surface area contributed by atoms with E-state index in [0.717, 1.165) is 81.0 Å². The molecule has 0 aliphatic carbocycles. The van der Waals surface area contributed by atoms with Gasteiger partial charge in [-0.25, -0.2) is 0 Å². The molecule has 2 aromatic carbocycles. The Morgan fingerprint density at radius 2 is 1.64 bits per heavy atom. The fourth-order valence-corrected chi connectivity index (χ4v) is 5.93. The Balaban J connectivity index is 1.51. The molecule has 2 fully saturated rings. The van der Waals surface area contributed by atoms with Gasteiger partial charge in [0.15, 0.2) is 11.5 Å². The van der Waals surface area contributed by atoms with Crippen molar-refractivity contribution in [2.24, 2.45) is 0 Å². The smallest absolute Gasteiger partial charge is 0.255 e. The summed E-state index contributed by atoms with van der Waals surface area (Å²) in [6, 6.07) is 12.6. The maximum Gasteiger partial charge on any atom is 0.255 e. The first kappa shape index (κ1) is 22.1. The Hall–Kier alpha value is -2.73. The predicted molar refractivity (Wildman–Crippen MR) is 130 cm³/mol. The van der Waals surface area contributed by atoms with Crippen LogP contribution in [0.1, 0.15) is 66.2 Å². The molecule has 0 spiro atoms. The molecule has 2 aromatic rings. The summed E-state index contributed by atoms with van der Waals surface area (Å²) in [7, 11) is 3.32. The van der Waals surface area contributed by atoms with Crippen LogP contribution in [0.4, 0.5) is 5.69 Å². The number of likely N-dealkylation sites (N-methyl/N-ethyl adjacent to an activating group) is 1. The molecule has 176 valence electrons. The molecule has 6 nitrogen and oxygen atoms in total. The third kappa shape index (κ3) is 3.84. The highest BCUT2D eigenvalue weighted by molar-refractivity contribution is 6.01. The van der Waals surface area contributed by atoms with Crippen LogP contribution in [-0.4, -0.2) is 62.7 Å². The molecule has 0 unspecified atom stereocenters. The second-order valence-electron chi connectivity index (χ2n) is 9.30. The zero-order valence-corrected chi connectivity index (χ0v) is 20.0. The lowest BCUT2D eigenvalue weighted by atomic mass is 9.97. The summed E-state index contributed by atoms with van der Waals surface area (Å²) in [4.78, 5) is 21.0. The molecule has 5 rings (SSSR count). The summed E-state index contributed by atoms with van der Waals surface area (Å²) in [6.45, 7) is 7.52. The molecule has 0 radical (unpaired) electrons. The summed E-state index contributed by atoms with van der Waals surface area (Å²) in [5.74, 6) is 1.61. The van der Waals surface area contributed by atoms with Crippen LogP contribution in [0.3, 0.4) is 0 Å². The fraction of sp³-hybridized carbons (Fsp3) is 0.519. The molecule has 2 saturated heterocycles. The van der Waals surface area contributed by atoms with E-state index >= 15 is 0 Å². The van der Waals surface area contributed by atoms with Crippen LogP contribution < -0.4 is 14.4 Å². The number of carbonyl (C=O) groups excluding carboxylic acids is 1. The van der Waals surface area contributed by atoms with E-state index in [1.54, 1.807) is 14.2 Å². The molecule has 0 N–H and O–H groups in total. The number of hydrogen-bond donors (Lipinski definition) is 0. The van der Waals surface area contributed by atoms with Crippen molar-refractivity contribution in [3.8, 4) is 11.5 Å². The SMILES string of the molecule is CCN1CCN(c2cccc3c2[C@H]2CCCC[C@H](c4ccc(OC)c(OC)c4)N2C3=O)CC1. The third-order valence-electron chi connectivity index (χ3n) is 7.71. The van der Waals surface area contributed by atoms with Gasteiger partial charge in [0.05, 0.1) is 26.3 Å². The molecule has 3 aliphatic heterocycles. The molecule has 0 aromatic heterocycles. The summed E-state index contributed by atoms with van der Waals surface area (Å²) in [5, 5.41) is 0. The first-order chi connectivity index (χ1) is 16.2. The monoisotopic (exact) mass is 449 g/mol. The molecule has 3 heterocycles. The van der Waals surface area contributed by atoms with Gasteiger partial charge in [0.2, 0.25) is 0 Å². The number of methoxy groups -OCH3 is 2. The Labute approximate surface area is 197 Å². The summed E-state index contributed by atoms with van der Waals surface area (Å²) in [6.07, 6.45) is 4.24. The van der Waals surface area contributed by atoms with Crippen molar-refractivity contribution in [1.29, 1.82) is 0 Å². The Bertz CT molecular complexity index is 1020. The molecule has 0 saturated carbocycles. The Kier molecular flexibility index (Phi) is 6.19. The maximum atomic E-state index is 13.8. The first-order valence-corrected chi connectivity index (χ1v) is 12.3. The van der Waals surface area contributed by atoms with Crippen LogP contribution >= 0.6 is 0 Å². The first-order valence-electron chi connectivity index (χ1n) is 12.3. The quantitative estimate of drug-likeness (QED) is 0.665. The molecule has 3 aliphatic rings. The molecule has 6 heteroatoms. The van der Waals surface area contributed by atoms with Crippen molar-refractivity contribution in [3.63, 3.8) is 0 Å². The van der Waals surface area contributed by atoms with Crippen molar-refractivity contribution in [1.82, 2.24) is 9.80 Å². The lowest BCUT2D eigenvalue weighted by Crippen LogP contribution is -2.46. The van der Waals surface area contributed by atoms with Crippen LogP contribution in [0, 0.1) is 0 Å². The number of amides is 1. The zero-order chi connectivity index (χ0) is 22.9. The lowest BCUT2D eigenvalue weighted by Gasteiger charge is -2.37. The van der Waals surface area contributed by atoms with E-state index in [0.29, 0.717) is 0 Å². The van der Waals surface area contributed by atoms with Crippen LogP contribution in [0.15, 0.2) is 36.4 Å². The number of nitrogens with zero attached hydrogens (tertiary/aromatic N) is 3. The minimum atomic E-state index is 0.0435. The molecule has 33 heavy (non-hydrogen) atoms. The van der Waals surface area contributed by atoms with Gasteiger partial charge in [-0.2, -0.15) is 0 Å². The Morgan fingerprint density at radius 1 is 0.909 bits per heavy atom. The molecular formula is C27H35N3O3. The van der Waals surface area contributed by atoms with Gasteiger partial charge in [0.1, 0.15) is 0 Å². The highest BCUT2D eigenvalue weighted by Gasteiger charge is 2.44. The number of benzene rings is 2. The number of anilines is 1. The van der Waals surface area contributed by atoms with Crippen LogP contribution in [-0.2, 0) is 0 Å². The van der Waals surface area contributed by atoms with Crippen LogP contribution in [0.2, 0.25) is 0 Å². The number of hydrogen-bond acceptors (Lipinski definition) is 5. The fourth-order valence-electron chi connectivity index (χ4n) is 5.93. The van der Waals surface area contributed by atoms with Crippen molar-refractivity contribution >= 4 is 11.6 Å². The Morgan fingerprint density at radius 3 is 2.33 bits per heavy atom. The summed E-state index contributed by atoms with van der Waals surface area (Å²) < 4.78 is 11.0. The maximum absolute atomic E-state index is 13.8. The average Bonchev–Trinajstić information content (AvgIpc) is 3.01. The van der Waals surface area contributed by atoms with E-state index in [1.807, 2.05) is 18.2 Å².